The Morgan fingerprint density at radius 3 is 2.74 bits per heavy atom. The third-order valence-corrected chi connectivity index (χ3v) is 4.97. The summed E-state index contributed by atoms with van der Waals surface area (Å²) in [6, 6.07) is 5.63. The fourth-order valence-corrected chi connectivity index (χ4v) is 3.61. The van der Waals surface area contributed by atoms with Crippen molar-refractivity contribution in [1.82, 2.24) is 10.2 Å². The molecule has 0 saturated carbocycles. The van der Waals surface area contributed by atoms with Crippen molar-refractivity contribution >= 4 is 33.4 Å². The van der Waals surface area contributed by atoms with Crippen LogP contribution in [-0.2, 0) is 0 Å². The van der Waals surface area contributed by atoms with E-state index in [4.69, 9.17) is 11.6 Å². The van der Waals surface area contributed by atoms with E-state index < -0.39 is 0 Å². The van der Waals surface area contributed by atoms with E-state index in [1.807, 2.05) is 6.07 Å². The van der Waals surface area contributed by atoms with Crippen molar-refractivity contribution in [3.05, 3.63) is 33.3 Å². The Balaban J connectivity index is 1.73. The smallest absolute Gasteiger partial charge is 0.253 e. The molecule has 3 heterocycles. The molecular formula is C14H16BrClN2O. The molecule has 1 N–H and O–H groups in total. The van der Waals surface area contributed by atoms with Gasteiger partial charge in [-0.2, -0.15) is 0 Å². The van der Waals surface area contributed by atoms with Crippen molar-refractivity contribution in [3.63, 3.8) is 0 Å². The Labute approximate surface area is 126 Å². The van der Waals surface area contributed by atoms with Crippen molar-refractivity contribution in [3.8, 4) is 0 Å². The van der Waals surface area contributed by atoms with Crippen molar-refractivity contribution in [2.45, 2.75) is 18.9 Å². The zero-order valence-electron chi connectivity index (χ0n) is 10.5. The molecule has 3 aliphatic rings. The van der Waals surface area contributed by atoms with Crippen molar-refractivity contribution in [2.75, 3.05) is 19.6 Å². The van der Waals surface area contributed by atoms with Gasteiger partial charge >= 0.3 is 0 Å². The molecule has 1 aromatic carbocycles. The Bertz CT molecular complexity index is 500. The lowest BCUT2D eigenvalue weighted by Gasteiger charge is -2.44. The molecule has 3 saturated heterocycles. The van der Waals surface area contributed by atoms with E-state index in [9.17, 15) is 4.79 Å². The summed E-state index contributed by atoms with van der Waals surface area (Å²) in [5.74, 6) is 0.560. The van der Waals surface area contributed by atoms with Gasteiger partial charge in [0.05, 0.1) is 10.6 Å². The van der Waals surface area contributed by atoms with Gasteiger partial charge in [-0.05, 0) is 50.0 Å². The average molecular weight is 344 g/mol. The summed E-state index contributed by atoms with van der Waals surface area (Å²) in [5, 5.41) is 3.65. The third kappa shape index (κ3) is 2.81. The van der Waals surface area contributed by atoms with Crippen LogP contribution in [0.4, 0.5) is 0 Å². The van der Waals surface area contributed by atoms with E-state index in [1.165, 1.54) is 25.9 Å². The fourth-order valence-electron chi connectivity index (χ4n) is 3.05. The molecule has 2 bridgehead atoms. The number of benzene rings is 1. The average Bonchev–Trinajstić information content (AvgIpc) is 2.43. The van der Waals surface area contributed by atoms with Gasteiger partial charge in [0.25, 0.3) is 5.91 Å². The summed E-state index contributed by atoms with van der Waals surface area (Å²) in [6.07, 6.45) is 2.38. The van der Waals surface area contributed by atoms with Gasteiger partial charge in [-0.1, -0.05) is 27.5 Å². The van der Waals surface area contributed by atoms with Crippen molar-refractivity contribution < 1.29 is 4.79 Å². The molecule has 0 spiro atoms. The van der Waals surface area contributed by atoms with Crippen LogP contribution in [0.25, 0.3) is 0 Å². The molecular weight excluding hydrogens is 328 g/mol. The number of fused-ring (bicyclic) bond motifs is 3. The number of hydrogen-bond acceptors (Lipinski definition) is 2. The third-order valence-electron chi connectivity index (χ3n) is 4.15. The minimum atomic E-state index is -0.0648. The number of carbonyl (C=O) groups excluding carboxylic acids is 1. The number of rotatable bonds is 2. The van der Waals surface area contributed by atoms with Gasteiger partial charge in [0.2, 0.25) is 0 Å². The number of carbonyl (C=O) groups is 1. The number of nitrogens with zero attached hydrogens (tertiary/aromatic N) is 1. The highest BCUT2D eigenvalue weighted by Gasteiger charge is 2.35. The molecule has 0 unspecified atom stereocenters. The SMILES string of the molecule is O=C(N[C@H]1CN2CCC1CC2)c1cc(Br)ccc1Cl. The number of halogens is 2. The fraction of sp³-hybridized carbons (Fsp3) is 0.500. The van der Waals surface area contributed by atoms with Gasteiger partial charge in [0, 0.05) is 17.1 Å². The first-order valence-electron chi connectivity index (χ1n) is 6.62. The van der Waals surface area contributed by atoms with E-state index in [1.54, 1.807) is 12.1 Å². The maximum Gasteiger partial charge on any atom is 0.253 e. The largest absolute Gasteiger partial charge is 0.348 e. The molecule has 1 atom stereocenters. The second-order valence-electron chi connectivity index (χ2n) is 5.34. The molecule has 1 amide bonds. The summed E-state index contributed by atoms with van der Waals surface area (Å²) in [7, 11) is 0. The first kappa shape index (κ1) is 13.4. The van der Waals surface area contributed by atoms with Crippen LogP contribution in [0.1, 0.15) is 23.2 Å². The lowest BCUT2D eigenvalue weighted by molar-refractivity contribution is 0.0620. The lowest BCUT2D eigenvalue weighted by atomic mass is 9.84. The standard InChI is InChI=1S/C14H16BrClN2O/c15-10-1-2-12(16)11(7-10)14(19)17-13-8-18-5-3-9(13)4-6-18/h1-2,7,9,13H,3-6,8H2,(H,17,19)/t13-/m0/s1. The summed E-state index contributed by atoms with van der Waals surface area (Å²) in [6.45, 7) is 3.32. The first-order chi connectivity index (χ1) is 9.13. The van der Waals surface area contributed by atoms with Gasteiger partial charge in [-0.25, -0.2) is 0 Å². The molecule has 3 nitrogen and oxygen atoms in total. The molecule has 1 aromatic rings. The topological polar surface area (TPSA) is 32.3 Å². The molecule has 19 heavy (non-hydrogen) atoms. The van der Waals surface area contributed by atoms with Crippen LogP contribution in [0.15, 0.2) is 22.7 Å². The normalized spacial score (nSPS) is 29.3. The Kier molecular flexibility index (Phi) is 3.83. The van der Waals surface area contributed by atoms with Gasteiger partial charge < -0.3 is 10.2 Å². The van der Waals surface area contributed by atoms with Crippen molar-refractivity contribution in [1.29, 1.82) is 0 Å². The van der Waals surface area contributed by atoms with Crippen LogP contribution in [0.3, 0.4) is 0 Å². The highest BCUT2D eigenvalue weighted by molar-refractivity contribution is 9.10. The Morgan fingerprint density at radius 2 is 2.11 bits per heavy atom. The minimum absolute atomic E-state index is 0.0648. The second-order valence-corrected chi connectivity index (χ2v) is 6.67. The van der Waals surface area contributed by atoms with Crippen LogP contribution >= 0.6 is 27.5 Å². The maximum absolute atomic E-state index is 12.3. The van der Waals surface area contributed by atoms with Crippen LogP contribution in [-0.4, -0.2) is 36.5 Å². The van der Waals surface area contributed by atoms with E-state index in [0.29, 0.717) is 16.5 Å². The molecule has 0 aromatic heterocycles. The monoisotopic (exact) mass is 342 g/mol. The molecule has 0 radical (unpaired) electrons. The number of amides is 1. The molecule has 3 fully saturated rings. The van der Waals surface area contributed by atoms with E-state index >= 15 is 0 Å². The van der Waals surface area contributed by atoms with E-state index in [2.05, 4.69) is 26.1 Å². The predicted molar refractivity (Wildman–Crippen MR) is 79.6 cm³/mol. The van der Waals surface area contributed by atoms with Gasteiger partial charge in [0.15, 0.2) is 0 Å². The molecule has 4 rings (SSSR count). The van der Waals surface area contributed by atoms with Crippen LogP contribution in [0.2, 0.25) is 5.02 Å². The zero-order valence-corrected chi connectivity index (χ0v) is 12.9. The van der Waals surface area contributed by atoms with Gasteiger partial charge in [-0.15, -0.1) is 0 Å². The summed E-state index contributed by atoms with van der Waals surface area (Å²) >= 11 is 9.47. The van der Waals surface area contributed by atoms with Gasteiger partial charge in [-0.3, -0.25) is 4.79 Å². The second kappa shape index (κ2) is 5.43. The number of hydrogen-bond donors (Lipinski definition) is 1. The van der Waals surface area contributed by atoms with Gasteiger partial charge in [0.1, 0.15) is 0 Å². The van der Waals surface area contributed by atoms with E-state index in [0.717, 1.165) is 11.0 Å². The highest BCUT2D eigenvalue weighted by Crippen LogP contribution is 2.28. The summed E-state index contributed by atoms with van der Waals surface area (Å²) in [4.78, 5) is 14.8. The first-order valence-corrected chi connectivity index (χ1v) is 7.79. The highest BCUT2D eigenvalue weighted by atomic mass is 79.9. The molecule has 0 aliphatic carbocycles. The predicted octanol–water partition coefficient (Wildman–Crippen LogP) is 2.93. The molecule has 3 aliphatic heterocycles. The maximum atomic E-state index is 12.3. The quantitative estimate of drug-likeness (QED) is 0.895. The summed E-state index contributed by atoms with van der Waals surface area (Å²) < 4.78 is 0.871. The Hall–Kier alpha value is -0.580. The summed E-state index contributed by atoms with van der Waals surface area (Å²) in [5.41, 5.74) is 0.549. The molecule has 5 heteroatoms. The number of nitrogens with one attached hydrogen (secondary N) is 1. The lowest BCUT2D eigenvalue weighted by Crippen LogP contribution is -2.57. The van der Waals surface area contributed by atoms with Crippen molar-refractivity contribution in [2.24, 2.45) is 5.92 Å². The minimum Gasteiger partial charge on any atom is -0.348 e. The Morgan fingerprint density at radius 1 is 1.37 bits per heavy atom. The number of piperidine rings is 3. The zero-order chi connectivity index (χ0) is 13.4. The van der Waals surface area contributed by atoms with E-state index in [-0.39, 0.29) is 11.9 Å². The van der Waals surface area contributed by atoms with Crippen LogP contribution < -0.4 is 5.32 Å². The molecule has 102 valence electrons. The van der Waals surface area contributed by atoms with Crippen LogP contribution in [0.5, 0.6) is 0 Å². The van der Waals surface area contributed by atoms with Crippen LogP contribution in [0, 0.1) is 5.92 Å².